The molecule has 0 spiro atoms. The summed E-state index contributed by atoms with van der Waals surface area (Å²) in [6.45, 7) is 0. The van der Waals surface area contributed by atoms with Gasteiger partial charge in [0.1, 0.15) is 5.75 Å². The van der Waals surface area contributed by atoms with Gasteiger partial charge >= 0.3 is 12.4 Å². The molecule has 0 saturated carbocycles. The number of nitrogens with zero attached hydrogens (tertiary/aromatic N) is 1. The first-order valence-corrected chi connectivity index (χ1v) is 9.15. The number of carbonyl (C=O) groups is 1. The van der Waals surface area contributed by atoms with E-state index in [9.17, 15) is 31.1 Å². The number of alkyl halides is 6. The molecule has 2 aromatic carbocycles. The standard InChI is InChI=1S/C22H16F6N2O2/c1-32-16-5-2-4-14(12-16)20(31)30-18(13-7-9-15(10-8-13)21(23,24)25)19-17(22(26,27)28)6-3-11-29-19/h2-12,18H,1H3,(H,30,31)/t18-/m0/s1. The predicted molar refractivity (Wildman–Crippen MR) is 103 cm³/mol. The molecule has 1 N–H and O–H groups in total. The number of ether oxygens (including phenoxy) is 1. The molecule has 3 aromatic rings. The number of nitrogens with one attached hydrogen (secondary N) is 1. The minimum absolute atomic E-state index is 0.00144. The van der Waals surface area contributed by atoms with Crippen LogP contribution in [0.3, 0.4) is 0 Å². The van der Waals surface area contributed by atoms with E-state index < -0.39 is 41.1 Å². The lowest BCUT2D eigenvalue weighted by atomic mass is 9.97. The van der Waals surface area contributed by atoms with Gasteiger partial charge in [0.2, 0.25) is 0 Å². The third kappa shape index (κ3) is 5.19. The molecule has 3 rings (SSSR count). The first-order chi connectivity index (χ1) is 15.0. The van der Waals surface area contributed by atoms with Gasteiger partial charge in [0.05, 0.1) is 30.0 Å². The van der Waals surface area contributed by atoms with Gasteiger partial charge in [-0.2, -0.15) is 26.3 Å². The van der Waals surface area contributed by atoms with Crippen molar-refractivity contribution in [3.8, 4) is 5.75 Å². The van der Waals surface area contributed by atoms with Gasteiger partial charge in [0, 0.05) is 11.8 Å². The Morgan fingerprint density at radius 2 is 1.62 bits per heavy atom. The number of rotatable bonds is 5. The Bertz CT molecular complexity index is 1090. The van der Waals surface area contributed by atoms with E-state index in [4.69, 9.17) is 4.74 Å². The molecule has 0 radical (unpaired) electrons. The van der Waals surface area contributed by atoms with Crippen molar-refractivity contribution >= 4 is 5.91 Å². The zero-order valence-electron chi connectivity index (χ0n) is 16.5. The van der Waals surface area contributed by atoms with E-state index in [1.54, 1.807) is 6.07 Å². The molecule has 1 aromatic heterocycles. The van der Waals surface area contributed by atoms with Gasteiger partial charge in [0.15, 0.2) is 0 Å². The highest BCUT2D eigenvalue weighted by molar-refractivity contribution is 5.95. The lowest BCUT2D eigenvalue weighted by molar-refractivity contribution is -0.139. The van der Waals surface area contributed by atoms with Gasteiger partial charge in [-0.25, -0.2) is 0 Å². The van der Waals surface area contributed by atoms with Crippen molar-refractivity contribution in [1.29, 1.82) is 0 Å². The van der Waals surface area contributed by atoms with Crippen molar-refractivity contribution in [2.75, 3.05) is 7.11 Å². The average Bonchev–Trinajstić information content (AvgIpc) is 2.76. The third-order valence-corrected chi connectivity index (χ3v) is 4.60. The Labute approximate surface area is 178 Å². The molecule has 0 unspecified atom stereocenters. The smallest absolute Gasteiger partial charge is 0.418 e. The van der Waals surface area contributed by atoms with Crippen molar-refractivity contribution in [2.45, 2.75) is 18.4 Å². The first kappa shape index (κ1) is 23.1. The van der Waals surface area contributed by atoms with E-state index in [0.29, 0.717) is 5.75 Å². The van der Waals surface area contributed by atoms with Crippen LogP contribution < -0.4 is 10.1 Å². The second-order valence-corrected chi connectivity index (χ2v) is 6.69. The molecule has 0 fully saturated rings. The van der Waals surface area contributed by atoms with Gasteiger partial charge < -0.3 is 10.1 Å². The number of halogens is 6. The number of hydrogen-bond donors (Lipinski definition) is 1. The predicted octanol–water partition coefficient (Wildman–Crippen LogP) is 5.65. The zero-order chi connectivity index (χ0) is 23.5. The summed E-state index contributed by atoms with van der Waals surface area (Å²) in [5.41, 5.74) is -2.55. The van der Waals surface area contributed by atoms with E-state index in [-0.39, 0.29) is 11.1 Å². The summed E-state index contributed by atoms with van der Waals surface area (Å²) < 4.78 is 84.6. The summed E-state index contributed by atoms with van der Waals surface area (Å²) in [6.07, 6.45) is -8.31. The molecule has 0 aliphatic carbocycles. The third-order valence-electron chi connectivity index (χ3n) is 4.60. The molecule has 0 bridgehead atoms. The minimum atomic E-state index is -4.80. The normalized spacial score (nSPS) is 12.8. The van der Waals surface area contributed by atoms with Gasteiger partial charge in [-0.05, 0) is 48.0 Å². The highest BCUT2D eigenvalue weighted by Crippen LogP contribution is 2.36. The summed E-state index contributed by atoms with van der Waals surface area (Å²) in [7, 11) is 1.38. The number of hydrogen-bond acceptors (Lipinski definition) is 3. The van der Waals surface area contributed by atoms with Crippen LogP contribution in [0.4, 0.5) is 26.3 Å². The van der Waals surface area contributed by atoms with Crippen molar-refractivity contribution in [3.63, 3.8) is 0 Å². The van der Waals surface area contributed by atoms with E-state index >= 15 is 0 Å². The van der Waals surface area contributed by atoms with Crippen molar-refractivity contribution in [2.24, 2.45) is 0 Å². The lowest BCUT2D eigenvalue weighted by Crippen LogP contribution is -2.31. The topological polar surface area (TPSA) is 51.2 Å². The molecule has 10 heteroatoms. The molecule has 0 aliphatic rings. The maximum Gasteiger partial charge on any atom is 0.418 e. The summed E-state index contributed by atoms with van der Waals surface area (Å²) >= 11 is 0. The Hall–Kier alpha value is -3.56. The number of amides is 1. The van der Waals surface area contributed by atoms with Crippen molar-refractivity contribution < 1.29 is 35.9 Å². The van der Waals surface area contributed by atoms with E-state index in [0.717, 1.165) is 42.6 Å². The maximum atomic E-state index is 13.6. The molecule has 32 heavy (non-hydrogen) atoms. The van der Waals surface area contributed by atoms with E-state index in [2.05, 4.69) is 10.3 Å². The fourth-order valence-electron chi connectivity index (χ4n) is 3.04. The second-order valence-electron chi connectivity index (χ2n) is 6.69. The second kappa shape index (κ2) is 8.89. The average molecular weight is 454 g/mol. The van der Waals surface area contributed by atoms with Crippen LogP contribution in [0.5, 0.6) is 5.75 Å². The quantitative estimate of drug-likeness (QED) is 0.507. The lowest BCUT2D eigenvalue weighted by Gasteiger charge is -2.23. The Morgan fingerprint density at radius 1 is 0.938 bits per heavy atom. The van der Waals surface area contributed by atoms with E-state index in [1.807, 2.05) is 0 Å². The Kier molecular flexibility index (Phi) is 6.42. The Balaban J connectivity index is 2.07. The van der Waals surface area contributed by atoms with Crippen LogP contribution >= 0.6 is 0 Å². The fourth-order valence-corrected chi connectivity index (χ4v) is 3.04. The summed E-state index contributed by atoms with van der Waals surface area (Å²) in [6, 6.07) is 9.78. The van der Waals surface area contributed by atoms with Crippen LogP contribution in [0, 0.1) is 0 Å². The Morgan fingerprint density at radius 3 is 2.22 bits per heavy atom. The molecule has 168 valence electrons. The van der Waals surface area contributed by atoms with Crippen LogP contribution in [-0.2, 0) is 12.4 Å². The van der Waals surface area contributed by atoms with Crippen LogP contribution in [0.2, 0.25) is 0 Å². The SMILES string of the molecule is COc1cccc(C(=O)N[C@@H](c2ccc(C(F)(F)F)cc2)c2ncccc2C(F)(F)F)c1. The van der Waals surface area contributed by atoms with E-state index in [1.165, 1.54) is 25.3 Å². The van der Waals surface area contributed by atoms with Crippen LogP contribution in [-0.4, -0.2) is 18.0 Å². The minimum Gasteiger partial charge on any atom is -0.497 e. The molecule has 1 amide bonds. The molecule has 0 saturated heterocycles. The summed E-state index contributed by atoms with van der Waals surface area (Å²) in [4.78, 5) is 16.6. The molecule has 0 aliphatic heterocycles. The van der Waals surface area contributed by atoms with Crippen LogP contribution in [0.1, 0.15) is 38.8 Å². The molecule has 4 nitrogen and oxygen atoms in total. The van der Waals surface area contributed by atoms with Gasteiger partial charge in [0.25, 0.3) is 5.91 Å². The monoisotopic (exact) mass is 454 g/mol. The molecule has 1 atom stereocenters. The highest BCUT2D eigenvalue weighted by Gasteiger charge is 2.37. The largest absolute Gasteiger partial charge is 0.497 e. The first-order valence-electron chi connectivity index (χ1n) is 9.15. The molecular weight excluding hydrogens is 438 g/mol. The molecular formula is C22H16F6N2O2. The summed E-state index contributed by atoms with van der Waals surface area (Å²) in [5.74, 6) is -0.412. The van der Waals surface area contributed by atoms with Gasteiger partial charge in [-0.1, -0.05) is 18.2 Å². The number of benzene rings is 2. The van der Waals surface area contributed by atoms with Crippen LogP contribution in [0.15, 0.2) is 66.9 Å². The zero-order valence-corrected chi connectivity index (χ0v) is 16.5. The number of aromatic nitrogens is 1. The number of methoxy groups -OCH3 is 1. The maximum absolute atomic E-state index is 13.6. The number of pyridine rings is 1. The number of carbonyl (C=O) groups excluding carboxylic acids is 1. The highest BCUT2D eigenvalue weighted by atomic mass is 19.4. The van der Waals surface area contributed by atoms with Gasteiger partial charge in [-0.3, -0.25) is 9.78 Å². The summed E-state index contributed by atoms with van der Waals surface area (Å²) in [5, 5.41) is 2.45. The fraction of sp³-hybridized carbons (Fsp3) is 0.182. The molecule has 1 heterocycles. The van der Waals surface area contributed by atoms with Gasteiger partial charge in [-0.15, -0.1) is 0 Å². The van der Waals surface area contributed by atoms with Crippen molar-refractivity contribution in [3.05, 3.63) is 94.8 Å². The van der Waals surface area contributed by atoms with Crippen LogP contribution in [0.25, 0.3) is 0 Å². The van der Waals surface area contributed by atoms with Crippen molar-refractivity contribution in [1.82, 2.24) is 10.3 Å².